The Morgan fingerprint density at radius 3 is 1.96 bits per heavy atom. The number of nitrogens with one attached hydrogen (secondary N) is 1. The van der Waals surface area contributed by atoms with E-state index >= 15 is 0 Å². The Morgan fingerprint density at radius 2 is 1.48 bits per heavy atom. The van der Waals surface area contributed by atoms with Gasteiger partial charge in [0.25, 0.3) is 5.91 Å². The maximum Gasteiger partial charge on any atom is 0.307 e. The van der Waals surface area contributed by atoms with Crippen LogP contribution in [0.25, 0.3) is 0 Å². The van der Waals surface area contributed by atoms with Gasteiger partial charge < -0.3 is 10.1 Å². The van der Waals surface area contributed by atoms with Gasteiger partial charge in [0.05, 0.1) is 6.42 Å². The van der Waals surface area contributed by atoms with Gasteiger partial charge in [-0.05, 0) is 24.5 Å². The highest BCUT2D eigenvalue weighted by molar-refractivity contribution is 5.81. The predicted octanol–water partition coefficient (Wildman–Crippen LogP) is 3.67. The predicted molar refractivity (Wildman–Crippen MR) is 98.2 cm³/mol. The summed E-state index contributed by atoms with van der Waals surface area (Å²) in [6.45, 7) is 3.67. The molecular weight excluding hydrogens is 314 g/mol. The van der Waals surface area contributed by atoms with E-state index in [1.807, 2.05) is 74.5 Å². The number of carbonyl (C=O) groups excluding carboxylic acids is 2. The smallest absolute Gasteiger partial charge is 0.307 e. The first kappa shape index (κ1) is 18.7. The standard InChI is InChI=1S/C21H25NO3/c1-3-16(2)22-20(23)15-25-21(24)14-19(17-10-6-4-7-11-17)18-12-8-5-9-13-18/h4-13,16,19H,3,14-15H2,1-2H3,(H,22,23). The fourth-order valence-electron chi connectivity index (χ4n) is 2.59. The Hall–Kier alpha value is -2.62. The second-order valence-corrected chi connectivity index (χ2v) is 6.12. The molecular formula is C21H25NO3. The largest absolute Gasteiger partial charge is 0.456 e. The van der Waals surface area contributed by atoms with Gasteiger partial charge in [-0.3, -0.25) is 9.59 Å². The van der Waals surface area contributed by atoms with Crippen molar-refractivity contribution in [3.63, 3.8) is 0 Å². The minimum Gasteiger partial charge on any atom is -0.456 e. The summed E-state index contributed by atoms with van der Waals surface area (Å²) >= 11 is 0. The molecule has 0 saturated carbocycles. The molecule has 1 N–H and O–H groups in total. The van der Waals surface area contributed by atoms with Crippen molar-refractivity contribution in [1.82, 2.24) is 5.32 Å². The molecule has 1 atom stereocenters. The van der Waals surface area contributed by atoms with Crippen LogP contribution in [0.2, 0.25) is 0 Å². The van der Waals surface area contributed by atoms with Gasteiger partial charge in [-0.2, -0.15) is 0 Å². The first-order valence-electron chi connectivity index (χ1n) is 8.65. The summed E-state index contributed by atoms with van der Waals surface area (Å²) in [5, 5.41) is 2.79. The van der Waals surface area contributed by atoms with E-state index in [4.69, 9.17) is 4.74 Å². The van der Waals surface area contributed by atoms with Crippen molar-refractivity contribution in [3.05, 3.63) is 71.8 Å². The molecule has 0 heterocycles. The molecule has 0 radical (unpaired) electrons. The fraction of sp³-hybridized carbons (Fsp3) is 0.333. The molecule has 4 heteroatoms. The quantitative estimate of drug-likeness (QED) is 0.747. The number of ether oxygens (including phenoxy) is 1. The molecule has 2 rings (SSSR count). The second-order valence-electron chi connectivity index (χ2n) is 6.12. The topological polar surface area (TPSA) is 55.4 Å². The minimum absolute atomic E-state index is 0.0765. The lowest BCUT2D eigenvalue weighted by Gasteiger charge is -2.17. The average Bonchev–Trinajstić information content (AvgIpc) is 2.65. The van der Waals surface area contributed by atoms with Gasteiger partial charge in [-0.1, -0.05) is 67.6 Å². The van der Waals surface area contributed by atoms with E-state index < -0.39 is 0 Å². The molecule has 0 aromatic heterocycles. The zero-order chi connectivity index (χ0) is 18.1. The zero-order valence-corrected chi connectivity index (χ0v) is 14.8. The van der Waals surface area contributed by atoms with Crippen molar-refractivity contribution in [1.29, 1.82) is 0 Å². The normalized spacial score (nSPS) is 11.8. The second kappa shape index (κ2) is 9.62. The van der Waals surface area contributed by atoms with Crippen molar-refractivity contribution >= 4 is 11.9 Å². The van der Waals surface area contributed by atoms with Crippen LogP contribution in [0.15, 0.2) is 60.7 Å². The number of carbonyl (C=O) groups is 2. The third-order valence-corrected chi connectivity index (χ3v) is 4.16. The summed E-state index contributed by atoms with van der Waals surface area (Å²) in [5.74, 6) is -0.733. The third kappa shape index (κ3) is 6.07. The van der Waals surface area contributed by atoms with E-state index in [0.29, 0.717) is 0 Å². The van der Waals surface area contributed by atoms with E-state index in [2.05, 4.69) is 5.32 Å². The average molecular weight is 339 g/mol. The highest BCUT2D eigenvalue weighted by Crippen LogP contribution is 2.28. The summed E-state index contributed by atoms with van der Waals surface area (Å²) in [7, 11) is 0. The molecule has 2 aromatic carbocycles. The lowest BCUT2D eigenvalue weighted by molar-refractivity contribution is -0.148. The molecule has 0 aliphatic rings. The van der Waals surface area contributed by atoms with E-state index in [9.17, 15) is 9.59 Å². The monoisotopic (exact) mass is 339 g/mol. The van der Waals surface area contributed by atoms with E-state index in [1.165, 1.54) is 0 Å². The summed E-state index contributed by atoms with van der Waals surface area (Å²) in [4.78, 5) is 24.0. The van der Waals surface area contributed by atoms with Crippen molar-refractivity contribution < 1.29 is 14.3 Å². The number of hydrogen-bond acceptors (Lipinski definition) is 3. The van der Waals surface area contributed by atoms with E-state index in [-0.39, 0.29) is 36.9 Å². The molecule has 0 aliphatic heterocycles. The summed E-state index contributed by atoms with van der Waals surface area (Å²) in [5.41, 5.74) is 2.10. The molecule has 2 aromatic rings. The fourth-order valence-corrected chi connectivity index (χ4v) is 2.59. The summed E-state index contributed by atoms with van der Waals surface area (Å²) < 4.78 is 5.17. The zero-order valence-electron chi connectivity index (χ0n) is 14.8. The molecule has 1 amide bonds. The van der Waals surface area contributed by atoms with Crippen LogP contribution in [0.4, 0.5) is 0 Å². The van der Waals surface area contributed by atoms with Crippen LogP contribution in [0.5, 0.6) is 0 Å². The maximum atomic E-state index is 12.3. The molecule has 0 bridgehead atoms. The number of rotatable bonds is 8. The lowest BCUT2D eigenvalue weighted by atomic mass is 9.89. The molecule has 132 valence electrons. The molecule has 4 nitrogen and oxygen atoms in total. The Balaban J connectivity index is 2.00. The Labute approximate surface area is 149 Å². The Kier molecular flexibility index (Phi) is 7.20. The van der Waals surface area contributed by atoms with Crippen LogP contribution < -0.4 is 5.32 Å². The molecule has 0 aliphatic carbocycles. The number of amides is 1. The van der Waals surface area contributed by atoms with Crippen LogP contribution in [0.1, 0.15) is 43.7 Å². The lowest BCUT2D eigenvalue weighted by Crippen LogP contribution is -2.35. The van der Waals surface area contributed by atoms with Gasteiger partial charge in [0.2, 0.25) is 0 Å². The van der Waals surface area contributed by atoms with Gasteiger partial charge in [0.15, 0.2) is 6.61 Å². The van der Waals surface area contributed by atoms with Crippen molar-refractivity contribution in [2.45, 2.75) is 38.6 Å². The van der Waals surface area contributed by atoms with Crippen molar-refractivity contribution in [2.24, 2.45) is 0 Å². The van der Waals surface area contributed by atoms with Crippen LogP contribution in [-0.2, 0) is 14.3 Å². The van der Waals surface area contributed by atoms with Gasteiger partial charge in [-0.15, -0.1) is 0 Å². The van der Waals surface area contributed by atoms with Crippen molar-refractivity contribution in [3.8, 4) is 0 Å². The molecule has 0 saturated heterocycles. The first-order valence-corrected chi connectivity index (χ1v) is 8.65. The van der Waals surface area contributed by atoms with Crippen LogP contribution in [0.3, 0.4) is 0 Å². The number of hydrogen-bond donors (Lipinski definition) is 1. The molecule has 0 fully saturated rings. The highest BCUT2D eigenvalue weighted by Gasteiger charge is 2.19. The van der Waals surface area contributed by atoms with E-state index in [0.717, 1.165) is 17.5 Å². The highest BCUT2D eigenvalue weighted by atomic mass is 16.5. The Morgan fingerprint density at radius 1 is 0.960 bits per heavy atom. The third-order valence-electron chi connectivity index (χ3n) is 4.16. The minimum atomic E-state index is -0.378. The maximum absolute atomic E-state index is 12.3. The van der Waals surface area contributed by atoms with E-state index in [1.54, 1.807) is 0 Å². The molecule has 1 unspecified atom stereocenters. The van der Waals surface area contributed by atoms with Gasteiger partial charge >= 0.3 is 5.97 Å². The summed E-state index contributed by atoms with van der Waals surface area (Å²) in [6.07, 6.45) is 1.04. The summed E-state index contributed by atoms with van der Waals surface area (Å²) in [6, 6.07) is 19.8. The number of benzene rings is 2. The molecule has 0 spiro atoms. The molecule has 25 heavy (non-hydrogen) atoms. The SMILES string of the molecule is CCC(C)NC(=O)COC(=O)CC(c1ccccc1)c1ccccc1. The number of esters is 1. The first-order chi connectivity index (χ1) is 12.1. The van der Waals surface area contributed by atoms with Crippen LogP contribution >= 0.6 is 0 Å². The van der Waals surface area contributed by atoms with Crippen LogP contribution in [0, 0.1) is 0 Å². The van der Waals surface area contributed by atoms with Gasteiger partial charge in [0, 0.05) is 12.0 Å². The van der Waals surface area contributed by atoms with Crippen molar-refractivity contribution in [2.75, 3.05) is 6.61 Å². The van der Waals surface area contributed by atoms with Gasteiger partial charge in [0.1, 0.15) is 0 Å². The van der Waals surface area contributed by atoms with Gasteiger partial charge in [-0.25, -0.2) is 0 Å². The van der Waals surface area contributed by atoms with Crippen LogP contribution in [-0.4, -0.2) is 24.5 Å². The Bertz CT molecular complexity index is 631.